The van der Waals surface area contributed by atoms with Crippen LogP contribution in [0.5, 0.6) is 0 Å². The van der Waals surface area contributed by atoms with E-state index in [1.165, 1.54) is 0 Å². The van der Waals surface area contributed by atoms with Gasteiger partial charge in [0, 0.05) is 42.3 Å². The highest BCUT2D eigenvalue weighted by atomic mass is 16.5. The molecular weight excluding hydrogens is 596 g/mol. The number of nitrogens with zero attached hydrogens (tertiary/aromatic N) is 2. The molecule has 0 radical (unpaired) electrons. The molecule has 0 spiro atoms. The summed E-state index contributed by atoms with van der Waals surface area (Å²) in [6.07, 6.45) is 5.19. The van der Waals surface area contributed by atoms with Crippen molar-refractivity contribution in [2.24, 2.45) is 13.0 Å². The van der Waals surface area contributed by atoms with E-state index in [1.807, 2.05) is 86.3 Å². The Labute approximate surface area is 275 Å². The molecule has 11 heteroatoms. The Morgan fingerprint density at radius 2 is 1.72 bits per heavy atom. The van der Waals surface area contributed by atoms with Gasteiger partial charge in [0.15, 0.2) is 5.69 Å². The van der Waals surface area contributed by atoms with Gasteiger partial charge in [0.2, 0.25) is 5.91 Å². The number of fused-ring (bicyclic) bond motifs is 1. The molecule has 0 bridgehead atoms. The number of hydrogen-bond acceptors (Lipinski definition) is 6. The molecular formula is C36H46N6O5. The van der Waals surface area contributed by atoms with E-state index in [0.29, 0.717) is 50.0 Å². The quantitative estimate of drug-likeness (QED) is 0.138. The topological polar surface area (TPSA) is 150 Å². The molecule has 3 amide bonds. The second-order valence-corrected chi connectivity index (χ2v) is 13.0. The average molecular weight is 643 g/mol. The standard InChI is InChI=1S/C36H46N6O5/c1-22(2)18-30(40-36(46)38-26-14-16-27(43)17-15-26)34(44)39-29(19-25-20-42(4)31-13-9-8-12-28(25)31)33-37-23(3)32(41-33)35(45)47-21-24-10-6-5-7-11-24/h5-13,20,22,26-27,29-30,43H,14-19,21H2,1-4H3,(H,37,41)(H,39,44)(H2,38,40,46)/t26?,27?,29-,30+/m1/s1. The molecule has 5 rings (SSSR count). The number of imidazole rings is 1. The van der Waals surface area contributed by atoms with Gasteiger partial charge in [0.05, 0.1) is 12.1 Å². The lowest BCUT2D eigenvalue weighted by molar-refractivity contribution is -0.124. The number of nitrogens with one attached hydrogen (secondary N) is 4. The van der Waals surface area contributed by atoms with Crippen LogP contribution in [0.25, 0.3) is 10.9 Å². The summed E-state index contributed by atoms with van der Waals surface area (Å²) in [4.78, 5) is 48.0. The minimum atomic E-state index is -0.800. The van der Waals surface area contributed by atoms with E-state index in [0.717, 1.165) is 22.0 Å². The van der Waals surface area contributed by atoms with Crippen LogP contribution in [0.3, 0.4) is 0 Å². The maximum atomic E-state index is 14.0. The molecule has 47 heavy (non-hydrogen) atoms. The molecule has 0 aliphatic heterocycles. The monoisotopic (exact) mass is 642 g/mol. The summed E-state index contributed by atoms with van der Waals surface area (Å²) in [5, 5.41) is 19.9. The third kappa shape index (κ3) is 8.79. The number of amides is 3. The van der Waals surface area contributed by atoms with Crippen molar-refractivity contribution in [3.05, 3.63) is 89.1 Å². The third-order valence-electron chi connectivity index (χ3n) is 8.72. The Morgan fingerprint density at radius 3 is 2.45 bits per heavy atom. The summed E-state index contributed by atoms with van der Waals surface area (Å²) in [6.45, 7) is 5.87. The molecule has 0 saturated heterocycles. The third-order valence-corrected chi connectivity index (χ3v) is 8.72. The Hall–Kier alpha value is -4.64. The molecule has 1 fully saturated rings. The number of benzene rings is 2. The zero-order chi connectivity index (χ0) is 33.5. The molecule has 2 atom stereocenters. The lowest BCUT2D eigenvalue weighted by atomic mass is 9.93. The molecule has 1 saturated carbocycles. The molecule has 2 aromatic heterocycles. The SMILES string of the molecule is Cc1[nH]c([C@@H](Cc2cn(C)c3ccccc23)NC(=O)[C@H](CC(C)C)NC(=O)NC2CCC(O)CC2)nc1C(=O)OCc1ccccc1. The summed E-state index contributed by atoms with van der Waals surface area (Å²) < 4.78 is 7.60. The van der Waals surface area contributed by atoms with Crippen molar-refractivity contribution in [1.82, 2.24) is 30.5 Å². The second kappa shape index (κ2) is 15.3. The number of carbonyl (C=O) groups is 3. The summed E-state index contributed by atoms with van der Waals surface area (Å²) in [5.74, 6) is -0.357. The van der Waals surface area contributed by atoms with Crippen LogP contribution in [0.4, 0.5) is 4.79 Å². The smallest absolute Gasteiger partial charge is 0.359 e. The van der Waals surface area contributed by atoms with Gasteiger partial charge in [0.25, 0.3) is 0 Å². The predicted octanol–water partition coefficient (Wildman–Crippen LogP) is 4.98. The molecule has 2 heterocycles. The number of H-pyrrole nitrogens is 1. The van der Waals surface area contributed by atoms with E-state index in [9.17, 15) is 19.5 Å². The molecule has 4 aromatic rings. The van der Waals surface area contributed by atoms with Gasteiger partial charge in [-0.1, -0.05) is 62.4 Å². The first-order valence-corrected chi connectivity index (χ1v) is 16.4. The number of aryl methyl sites for hydroxylation is 2. The van der Waals surface area contributed by atoms with Crippen LogP contribution in [0.1, 0.15) is 85.1 Å². The van der Waals surface area contributed by atoms with Crippen LogP contribution in [-0.2, 0) is 29.6 Å². The Bertz CT molecular complexity index is 1670. The van der Waals surface area contributed by atoms with E-state index in [2.05, 4.69) is 25.9 Å². The fourth-order valence-corrected chi connectivity index (χ4v) is 6.24. The maximum Gasteiger partial charge on any atom is 0.359 e. The number of aromatic amines is 1. The molecule has 2 aromatic carbocycles. The summed E-state index contributed by atoms with van der Waals surface area (Å²) >= 11 is 0. The largest absolute Gasteiger partial charge is 0.456 e. The fraction of sp³-hybridized carbons (Fsp3) is 0.444. The maximum absolute atomic E-state index is 14.0. The number of hydrogen-bond donors (Lipinski definition) is 5. The number of ether oxygens (including phenoxy) is 1. The van der Waals surface area contributed by atoms with Crippen molar-refractivity contribution in [3.63, 3.8) is 0 Å². The number of para-hydroxylation sites is 1. The molecule has 1 aliphatic rings. The molecule has 11 nitrogen and oxygen atoms in total. The van der Waals surface area contributed by atoms with Gasteiger partial charge in [0.1, 0.15) is 18.5 Å². The lowest BCUT2D eigenvalue weighted by Crippen LogP contribution is -2.53. The highest BCUT2D eigenvalue weighted by Crippen LogP contribution is 2.26. The predicted molar refractivity (Wildman–Crippen MR) is 180 cm³/mol. The number of urea groups is 1. The lowest BCUT2D eigenvalue weighted by Gasteiger charge is -2.28. The van der Waals surface area contributed by atoms with E-state index in [-0.39, 0.29) is 36.3 Å². The fourth-order valence-electron chi connectivity index (χ4n) is 6.24. The van der Waals surface area contributed by atoms with Gasteiger partial charge in [-0.2, -0.15) is 0 Å². The zero-order valence-electron chi connectivity index (χ0n) is 27.6. The van der Waals surface area contributed by atoms with Gasteiger partial charge >= 0.3 is 12.0 Å². The number of esters is 1. The van der Waals surface area contributed by atoms with Crippen LogP contribution < -0.4 is 16.0 Å². The van der Waals surface area contributed by atoms with Crippen LogP contribution in [0.2, 0.25) is 0 Å². The highest BCUT2D eigenvalue weighted by Gasteiger charge is 2.30. The Morgan fingerprint density at radius 1 is 1.02 bits per heavy atom. The number of carbonyl (C=O) groups excluding carboxylic acids is 3. The van der Waals surface area contributed by atoms with E-state index >= 15 is 0 Å². The van der Waals surface area contributed by atoms with Crippen molar-refractivity contribution in [3.8, 4) is 0 Å². The minimum absolute atomic E-state index is 0.0496. The van der Waals surface area contributed by atoms with Crippen LogP contribution in [0.15, 0.2) is 60.8 Å². The molecule has 5 N–H and O–H groups in total. The minimum Gasteiger partial charge on any atom is -0.456 e. The van der Waals surface area contributed by atoms with Crippen LogP contribution in [-0.4, -0.2) is 55.7 Å². The second-order valence-electron chi connectivity index (χ2n) is 13.0. The highest BCUT2D eigenvalue weighted by molar-refractivity contribution is 5.89. The van der Waals surface area contributed by atoms with Crippen molar-refractivity contribution >= 4 is 28.8 Å². The molecule has 0 unspecified atom stereocenters. The van der Waals surface area contributed by atoms with E-state index in [4.69, 9.17) is 4.74 Å². The Balaban J connectivity index is 1.37. The van der Waals surface area contributed by atoms with Crippen molar-refractivity contribution in [1.29, 1.82) is 0 Å². The van der Waals surface area contributed by atoms with E-state index < -0.39 is 24.1 Å². The zero-order valence-corrected chi connectivity index (χ0v) is 27.6. The normalized spacial score (nSPS) is 17.7. The van der Waals surface area contributed by atoms with Crippen LogP contribution in [0, 0.1) is 12.8 Å². The number of aliphatic hydroxyl groups excluding tert-OH is 1. The summed E-state index contributed by atoms with van der Waals surface area (Å²) in [5.41, 5.74) is 3.61. The summed E-state index contributed by atoms with van der Waals surface area (Å²) in [6, 6.07) is 15.6. The average Bonchev–Trinajstić information content (AvgIpc) is 3.59. The number of rotatable bonds is 12. The van der Waals surface area contributed by atoms with Gasteiger partial charge in [-0.3, -0.25) is 4.79 Å². The molecule has 1 aliphatic carbocycles. The first-order valence-electron chi connectivity index (χ1n) is 16.4. The first-order chi connectivity index (χ1) is 22.6. The van der Waals surface area contributed by atoms with Crippen LogP contribution >= 0.6 is 0 Å². The van der Waals surface area contributed by atoms with Crippen molar-refractivity contribution < 1.29 is 24.2 Å². The van der Waals surface area contributed by atoms with Gasteiger partial charge in [-0.15, -0.1) is 0 Å². The van der Waals surface area contributed by atoms with Gasteiger partial charge < -0.3 is 35.3 Å². The van der Waals surface area contributed by atoms with E-state index in [1.54, 1.807) is 6.92 Å². The number of aromatic nitrogens is 3. The Kier molecular flexibility index (Phi) is 11.0. The number of aliphatic hydroxyl groups is 1. The van der Waals surface area contributed by atoms with Crippen molar-refractivity contribution in [2.75, 3.05) is 0 Å². The molecule has 250 valence electrons. The first kappa shape index (κ1) is 33.7. The van der Waals surface area contributed by atoms with Gasteiger partial charge in [-0.05, 0) is 62.1 Å². The summed E-state index contributed by atoms with van der Waals surface area (Å²) in [7, 11) is 1.98. The van der Waals surface area contributed by atoms with Gasteiger partial charge in [-0.25, -0.2) is 14.6 Å². The van der Waals surface area contributed by atoms with Crippen molar-refractivity contribution in [2.45, 2.75) is 90.1 Å².